The van der Waals surface area contributed by atoms with Crippen LogP contribution in [0.5, 0.6) is 0 Å². The SMILES string of the molecule is CC(C)(CC1=NC(C(C)(C)C)C2=CN=NC2=N1)c1cnn2cc(C#N)ccc12. The number of fused-ring (bicyclic) bond motifs is 2. The van der Waals surface area contributed by atoms with Crippen LogP contribution in [0.3, 0.4) is 0 Å². The highest BCUT2D eigenvalue weighted by atomic mass is 15.2. The molecular formula is C21H23N7. The molecule has 0 radical (unpaired) electrons. The number of aliphatic imine (C=N–C) groups is 2. The van der Waals surface area contributed by atoms with Crippen molar-refractivity contribution in [1.29, 1.82) is 5.26 Å². The molecule has 0 bridgehead atoms. The largest absolute Gasteiger partial charge is 0.261 e. The third-order valence-electron chi connectivity index (χ3n) is 5.21. The van der Waals surface area contributed by atoms with Crippen LogP contribution in [0.2, 0.25) is 0 Å². The van der Waals surface area contributed by atoms with Crippen LogP contribution < -0.4 is 0 Å². The molecule has 2 aliphatic rings. The Labute approximate surface area is 164 Å². The lowest BCUT2D eigenvalue weighted by molar-refractivity contribution is 0.359. The van der Waals surface area contributed by atoms with E-state index >= 15 is 0 Å². The summed E-state index contributed by atoms with van der Waals surface area (Å²) in [6.07, 6.45) is 6.05. The Balaban J connectivity index is 1.70. The Bertz CT molecular complexity index is 1110. The van der Waals surface area contributed by atoms with Gasteiger partial charge in [-0.05, 0) is 17.5 Å². The maximum Gasteiger partial charge on any atom is 0.183 e. The van der Waals surface area contributed by atoms with Crippen LogP contribution in [-0.2, 0) is 5.41 Å². The lowest BCUT2D eigenvalue weighted by Gasteiger charge is -2.32. The van der Waals surface area contributed by atoms with Crippen molar-refractivity contribution in [3.05, 3.63) is 47.4 Å². The fourth-order valence-electron chi connectivity index (χ4n) is 3.72. The predicted molar refractivity (Wildman–Crippen MR) is 109 cm³/mol. The molecule has 7 nitrogen and oxygen atoms in total. The molecule has 0 saturated heterocycles. The van der Waals surface area contributed by atoms with Gasteiger partial charge < -0.3 is 0 Å². The quantitative estimate of drug-likeness (QED) is 0.795. The van der Waals surface area contributed by atoms with Crippen LogP contribution in [0, 0.1) is 16.7 Å². The molecule has 4 heterocycles. The standard InChI is InChI=1S/C21H23N7/c1-20(2,3)18-14-10-23-27-19(14)26-17(25-18)8-21(4,5)15-11-24-28-12-13(9-22)6-7-16(15)28/h6-7,10-12,18H,8H2,1-5H3. The number of amidine groups is 2. The van der Waals surface area contributed by atoms with E-state index in [9.17, 15) is 0 Å². The summed E-state index contributed by atoms with van der Waals surface area (Å²) in [5.41, 5.74) is 3.38. The molecule has 1 atom stereocenters. The van der Waals surface area contributed by atoms with Crippen LogP contribution in [0.25, 0.3) is 5.52 Å². The van der Waals surface area contributed by atoms with Gasteiger partial charge in [0.2, 0.25) is 0 Å². The molecule has 0 N–H and O–H groups in total. The zero-order valence-corrected chi connectivity index (χ0v) is 16.8. The van der Waals surface area contributed by atoms with E-state index in [0.29, 0.717) is 17.8 Å². The van der Waals surface area contributed by atoms with E-state index in [1.807, 2.05) is 18.3 Å². The Hall–Kier alpha value is -3.14. The topological polar surface area (TPSA) is 90.5 Å². The van der Waals surface area contributed by atoms with Gasteiger partial charge in [-0.25, -0.2) is 9.51 Å². The Morgan fingerprint density at radius 1 is 1.18 bits per heavy atom. The van der Waals surface area contributed by atoms with E-state index < -0.39 is 0 Å². The highest BCUT2D eigenvalue weighted by molar-refractivity contribution is 6.10. The van der Waals surface area contributed by atoms with Crippen molar-refractivity contribution in [3.63, 3.8) is 0 Å². The fourth-order valence-corrected chi connectivity index (χ4v) is 3.72. The number of nitriles is 1. The highest BCUT2D eigenvalue weighted by Crippen LogP contribution is 2.37. The van der Waals surface area contributed by atoms with E-state index in [-0.39, 0.29) is 16.9 Å². The Morgan fingerprint density at radius 3 is 2.68 bits per heavy atom. The smallest absolute Gasteiger partial charge is 0.183 e. The minimum absolute atomic E-state index is 0.0112. The van der Waals surface area contributed by atoms with Crippen molar-refractivity contribution in [2.45, 2.75) is 52.5 Å². The van der Waals surface area contributed by atoms with E-state index in [1.165, 1.54) is 0 Å². The summed E-state index contributed by atoms with van der Waals surface area (Å²) in [5.74, 6) is 1.46. The maximum absolute atomic E-state index is 9.10. The van der Waals surface area contributed by atoms with Gasteiger partial charge in [0.15, 0.2) is 5.84 Å². The van der Waals surface area contributed by atoms with Crippen LogP contribution in [0.1, 0.15) is 52.2 Å². The van der Waals surface area contributed by atoms with Gasteiger partial charge in [-0.3, -0.25) is 4.99 Å². The first-order chi connectivity index (χ1) is 13.2. The molecule has 142 valence electrons. The van der Waals surface area contributed by atoms with Gasteiger partial charge in [-0.2, -0.15) is 15.5 Å². The number of nitrogens with zero attached hydrogens (tertiary/aromatic N) is 7. The van der Waals surface area contributed by atoms with Crippen LogP contribution in [0.15, 0.2) is 56.5 Å². The molecule has 0 saturated carbocycles. The van der Waals surface area contributed by atoms with Crippen LogP contribution in [-0.4, -0.2) is 27.3 Å². The van der Waals surface area contributed by atoms with Crippen molar-refractivity contribution >= 4 is 17.2 Å². The first kappa shape index (κ1) is 18.2. The zero-order chi connectivity index (χ0) is 20.1. The van der Waals surface area contributed by atoms with Gasteiger partial charge in [-0.15, -0.1) is 5.11 Å². The minimum atomic E-state index is -0.238. The minimum Gasteiger partial charge on any atom is -0.261 e. The molecule has 0 fully saturated rings. The first-order valence-electron chi connectivity index (χ1n) is 9.34. The molecule has 2 aromatic rings. The predicted octanol–water partition coefficient (Wildman–Crippen LogP) is 4.45. The van der Waals surface area contributed by atoms with Gasteiger partial charge in [-0.1, -0.05) is 34.6 Å². The van der Waals surface area contributed by atoms with Crippen LogP contribution >= 0.6 is 0 Å². The molecule has 4 rings (SSSR count). The second kappa shape index (κ2) is 6.20. The third-order valence-corrected chi connectivity index (χ3v) is 5.21. The lowest BCUT2D eigenvalue weighted by Crippen LogP contribution is -2.34. The van der Waals surface area contributed by atoms with Gasteiger partial charge >= 0.3 is 0 Å². The summed E-state index contributed by atoms with van der Waals surface area (Å²) in [4.78, 5) is 9.65. The number of pyridine rings is 1. The van der Waals surface area contributed by atoms with Gasteiger partial charge in [0, 0.05) is 29.2 Å². The monoisotopic (exact) mass is 373 g/mol. The Morgan fingerprint density at radius 2 is 1.96 bits per heavy atom. The molecule has 7 heteroatoms. The van der Waals surface area contributed by atoms with Crippen LogP contribution in [0.4, 0.5) is 0 Å². The van der Waals surface area contributed by atoms with E-state index in [1.54, 1.807) is 16.9 Å². The fraction of sp³-hybridized carbons (Fsp3) is 0.429. The van der Waals surface area contributed by atoms with Crippen molar-refractivity contribution in [2.75, 3.05) is 0 Å². The molecular weight excluding hydrogens is 350 g/mol. The summed E-state index contributed by atoms with van der Waals surface area (Å²) in [6, 6.07) is 5.91. The summed E-state index contributed by atoms with van der Waals surface area (Å²) in [7, 11) is 0. The van der Waals surface area contributed by atoms with E-state index in [0.717, 1.165) is 22.5 Å². The van der Waals surface area contributed by atoms with Gasteiger partial charge in [0.25, 0.3) is 0 Å². The summed E-state index contributed by atoms with van der Waals surface area (Å²) < 4.78 is 1.76. The van der Waals surface area contributed by atoms with Crippen molar-refractivity contribution in [1.82, 2.24) is 9.61 Å². The van der Waals surface area contributed by atoms with Gasteiger partial charge in [0.1, 0.15) is 11.9 Å². The normalized spacial score (nSPS) is 19.1. The van der Waals surface area contributed by atoms with E-state index in [4.69, 9.17) is 10.3 Å². The molecule has 0 amide bonds. The number of aromatic nitrogens is 2. The summed E-state index contributed by atoms with van der Waals surface area (Å²) >= 11 is 0. The number of azo groups is 1. The zero-order valence-electron chi connectivity index (χ0n) is 16.8. The van der Waals surface area contributed by atoms with Crippen molar-refractivity contribution < 1.29 is 0 Å². The highest BCUT2D eigenvalue weighted by Gasteiger charge is 2.37. The molecule has 28 heavy (non-hydrogen) atoms. The summed E-state index contributed by atoms with van der Waals surface area (Å²) in [6.45, 7) is 10.8. The second-order valence-electron chi connectivity index (χ2n) is 9.03. The molecule has 0 aromatic carbocycles. The summed E-state index contributed by atoms with van der Waals surface area (Å²) in [5, 5.41) is 21.8. The molecule has 2 aliphatic heterocycles. The number of rotatable bonds is 3. The number of hydrogen-bond donors (Lipinski definition) is 0. The van der Waals surface area contributed by atoms with E-state index in [2.05, 4.69) is 61.0 Å². The second-order valence-corrected chi connectivity index (χ2v) is 9.03. The molecule has 0 spiro atoms. The maximum atomic E-state index is 9.10. The third kappa shape index (κ3) is 3.05. The lowest BCUT2D eigenvalue weighted by atomic mass is 9.79. The molecule has 2 aromatic heterocycles. The molecule has 1 unspecified atom stereocenters. The average molecular weight is 373 g/mol. The number of hydrogen-bond acceptors (Lipinski definition) is 6. The van der Waals surface area contributed by atoms with Crippen molar-refractivity contribution in [2.24, 2.45) is 25.6 Å². The average Bonchev–Trinajstić information content (AvgIpc) is 3.25. The Kier molecular flexibility index (Phi) is 4.03. The molecule has 0 aliphatic carbocycles. The van der Waals surface area contributed by atoms with Crippen molar-refractivity contribution in [3.8, 4) is 6.07 Å². The van der Waals surface area contributed by atoms with Gasteiger partial charge in [0.05, 0.1) is 29.5 Å². The first-order valence-corrected chi connectivity index (χ1v) is 9.34.